The van der Waals surface area contributed by atoms with Gasteiger partial charge in [-0.15, -0.1) is 11.8 Å². The van der Waals surface area contributed by atoms with Crippen LogP contribution in [0.4, 0.5) is 0 Å². The van der Waals surface area contributed by atoms with E-state index in [1.807, 2.05) is 48.5 Å². The number of thioether (sulfide) groups is 1. The molecule has 0 radical (unpaired) electrons. The van der Waals surface area contributed by atoms with Crippen LogP contribution >= 0.6 is 27.7 Å². The van der Waals surface area contributed by atoms with E-state index in [0.29, 0.717) is 5.75 Å². The van der Waals surface area contributed by atoms with E-state index >= 15 is 0 Å². The van der Waals surface area contributed by atoms with Crippen LogP contribution in [0.15, 0.2) is 57.9 Å². The number of halogens is 1. The molecule has 4 heteroatoms. The summed E-state index contributed by atoms with van der Waals surface area (Å²) >= 11 is 5.04. The Morgan fingerprint density at radius 2 is 1.95 bits per heavy atom. The zero-order valence-electron chi connectivity index (χ0n) is 10.5. The fourth-order valence-corrected chi connectivity index (χ4v) is 2.79. The first-order valence-electron chi connectivity index (χ1n) is 5.89. The van der Waals surface area contributed by atoms with E-state index < -0.39 is 6.10 Å². The van der Waals surface area contributed by atoms with Crippen LogP contribution in [0.5, 0.6) is 5.75 Å². The van der Waals surface area contributed by atoms with Gasteiger partial charge in [0.2, 0.25) is 0 Å². The van der Waals surface area contributed by atoms with Crippen LogP contribution < -0.4 is 4.74 Å². The van der Waals surface area contributed by atoms with Crippen molar-refractivity contribution in [1.82, 2.24) is 0 Å². The molecular weight excluding hydrogens is 324 g/mol. The monoisotopic (exact) mass is 338 g/mol. The quantitative estimate of drug-likeness (QED) is 0.825. The van der Waals surface area contributed by atoms with E-state index in [4.69, 9.17) is 4.74 Å². The van der Waals surface area contributed by atoms with Crippen molar-refractivity contribution < 1.29 is 9.84 Å². The second-order valence-electron chi connectivity index (χ2n) is 4.06. The Morgan fingerprint density at radius 3 is 2.63 bits per heavy atom. The molecule has 2 aromatic carbocycles. The van der Waals surface area contributed by atoms with Crippen molar-refractivity contribution in [1.29, 1.82) is 0 Å². The maximum absolute atomic E-state index is 10.2. The Hall–Kier alpha value is -0.970. The van der Waals surface area contributed by atoms with Gasteiger partial charge in [0.05, 0.1) is 13.2 Å². The first-order chi connectivity index (χ1) is 9.19. The lowest BCUT2D eigenvalue weighted by Crippen LogP contribution is -2.00. The summed E-state index contributed by atoms with van der Waals surface area (Å²) < 4.78 is 6.22. The van der Waals surface area contributed by atoms with E-state index in [0.717, 1.165) is 20.7 Å². The van der Waals surface area contributed by atoms with E-state index in [1.54, 1.807) is 18.9 Å². The number of hydrogen-bond donors (Lipinski definition) is 1. The SMILES string of the molecule is COc1cccc(C(O)CSc2ccc(Br)cc2)c1. The standard InChI is InChI=1S/C15H15BrO2S/c1-18-13-4-2-3-11(9-13)15(17)10-19-14-7-5-12(16)6-8-14/h2-9,15,17H,10H2,1H3. The topological polar surface area (TPSA) is 29.5 Å². The lowest BCUT2D eigenvalue weighted by Gasteiger charge is -2.11. The van der Waals surface area contributed by atoms with E-state index in [2.05, 4.69) is 15.9 Å². The first kappa shape index (κ1) is 14.4. The highest BCUT2D eigenvalue weighted by Gasteiger charge is 2.09. The maximum atomic E-state index is 10.2. The normalized spacial score (nSPS) is 12.2. The van der Waals surface area contributed by atoms with Crippen LogP contribution in [0.3, 0.4) is 0 Å². The zero-order chi connectivity index (χ0) is 13.7. The third-order valence-corrected chi connectivity index (χ3v) is 4.32. The van der Waals surface area contributed by atoms with Crippen LogP contribution in [0.25, 0.3) is 0 Å². The highest BCUT2D eigenvalue weighted by molar-refractivity contribution is 9.10. The largest absolute Gasteiger partial charge is 0.497 e. The fourth-order valence-electron chi connectivity index (χ4n) is 1.65. The molecule has 0 saturated carbocycles. The maximum Gasteiger partial charge on any atom is 0.119 e. The molecule has 19 heavy (non-hydrogen) atoms. The molecule has 2 aromatic rings. The Kier molecular flexibility index (Phi) is 5.31. The molecule has 2 rings (SSSR count). The number of methoxy groups -OCH3 is 1. The third-order valence-electron chi connectivity index (χ3n) is 2.70. The van der Waals surface area contributed by atoms with Crippen molar-refractivity contribution in [3.63, 3.8) is 0 Å². The van der Waals surface area contributed by atoms with Crippen molar-refractivity contribution in [2.75, 3.05) is 12.9 Å². The summed E-state index contributed by atoms with van der Waals surface area (Å²) in [5.41, 5.74) is 0.879. The highest BCUT2D eigenvalue weighted by atomic mass is 79.9. The number of rotatable bonds is 5. The molecule has 0 aliphatic carbocycles. The summed E-state index contributed by atoms with van der Waals surface area (Å²) in [5, 5.41) is 10.2. The number of benzene rings is 2. The first-order valence-corrected chi connectivity index (χ1v) is 7.67. The number of ether oxygens (including phenoxy) is 1. The second kappa shape index (κ2) is 6.98. The average molecular weight is 339 g/mol. The summed E-state index contributed by atoms with van der Waals surface area (Å²) in [6.07, 6.45) is -0.497. The Balaban J connectivity index is 1.96. The van der Waals surface area contributed by atoms with Crippen LogP contribution in [0, 0.1) is 0 Å². The van der Waals surface area contributed by atoms with Gasteiger partial charge >= 0.3 is 0 Å². The molecule has 100 valence electrons. The number of aliphatic hydroxyl groups excluding tert-OH is 1. The molecule has 0 fully saturated rings. The molecule has 0 aliphatic rings. The van der Waals surface area contributed by atoms with Gasteiger partial charge < -0.3 is 9.84 Å². The predicted octanol–water partition coefficient (Wildman–Crippen LogP) is 4.28. The van der Waals surface area contributed by atoms with Crippen LogP contribution in [0.1, 0.15) is 11.7 Å². The molecule has 1 unspecified atom stereocenters. The smallest absolute Gasteiger partial charge is 0.119 e. The molecule has 1 N–H and O–H groups in total. The van der Waals surface area contributed by atoms with E-state index in [9.17, 15) is 5.11 Å². The van der Waals surface area contributed by atoms with Crippen LogP contribution in [0.2, 0.25) is 0 Å². The van der Waals surface area contributed by atoms with Crippen molar-refractivity contribution in [3.8, 4) is 5.75 Å². The van der Waals surface area contributed by atoms with E-state index in [-0.39, 0.29) is 0 Å². The van der Waals surface area contributed by atoms with Gasteiger partial charge in [0.25, 0.3) is 0 Å². The fraction of sp³-hybridized carbons (Fsp3) is 0.200. The minimum absolute atomic E-state index is 0.497. The summed E-state index contributed by atoms with van der Waals surface area (Å²) in [7, 11) is 1.63. The van der Waals surface area contributed by atoms with Gasteiger partial charge in [-0.3, -0.25) is 0 Å². The molecule has 0 amide bonds. The molecule has 0 aliphatic heterocycles. The molecule has 0 spiro atoms. The number of aliphatic hydroxyl groups is 1. The predicted molar refractivity (Wildman–Crippen MR) is 82.8 cm³/mol. The molecule has 1 atom stereocenters. The van der Waals surface area contributed by atoms with Crippen molar-refractivity contribution in [2.24, 2.45) is 0 Å². The van der Waals surface area contributed by atoms with Crippen molar-refractivity contribution in [3.05, 3.63) is 58.6 Å². The lowest BCUT2D eigenvalue weighted by atomic mass is 10.1. The Labute approximate surface area is 125 Å². The van der Waals surface area contributed by atoms with Crippen LogP contribution in [-0.4, -0.2) is 18.0 Å². The summed E-state index contributed by atoms with van der Waals surface area (Å²) in [6.45, 7) is 0. The third kappa shape index (κ3) is 4.27. The minimum Gasteiger partial charge on any atom is -0.497 e. The second-order valence-corrected chi connectivity index (χ2v) is 6.07. The van der Waals surface area contributed by atoms with Gasteiger partial charge in [-0.1, -0.05) is 28.1 Å². The van der Waals surface area contributed by atoms with Gasteiger partial charge in [-0.25, -0.2) is 0 Å². The molecule has 0 aromatic heterocycles. The molecule has 0 heterocycles. The summed E-state index contributed by atoms with van der Waals surface area (Å²) in [5.74, 6) is 1.39. The lowest BCUT2D eigenvalue weighted by molar-refractivity contribution is 0.203. The Bertz CT molecular complexity index is 528. The van der Waals surface area contributed by atoms with Gasteiger partial charge in [-0.05, 0) is 42.0 Å². The molecule has 0 bridgehead atoms. The number of hydrogen-bond acceptors (Lipinski definition) is 3. The van der Waals surface area contributed by atoms with Gasteiger partial charge in [0.1, 0.15) is 5.75 Å². The van der Waals surface area contributed by atoms with E-state index in [1.165, 1.54) is 0 Å². The van der Waals surface area contributed by atoms with Crippen molar-refractivity contribution >= 4 is 27.7 Å². The minimum atomic E-state index is -0.497. The molecular formula is C15H15BrO2S. The van der Waals surface area contributed by atoms with Crippen molar-refractivity contribution in [2.45, 2.75) is 11.0 Å². The van der Waals surface area contributed by atoms with Crippen LogP contribution in [-0.2, 0) is 0 Å². The highest BCUT2D eigenvalue weighted by Crippen LogP contribution is 2.27. The van der Waals surface area contributed by atoms with Gasteiger partial charge in [0.15, 0.2) is 0 Å². The zero-order valence-corrected chi connectivity index (χ0v) is 12.9. The van der Waals surface area contributed by atoms with Gasteiger partial charge in [0, 0.05) is 15.1 Å². The Morgan fingerprint density at radius 1 is 1.21 bits per heavy atom. The molecule has 2 nitrogen and oxygen atoms in total. The summed E-state index contributed by atoms with van der Waals surface area (Å²) in [4.78, 5) is 1.14. The summed E-state index contributed by atoms with van der Waals surface area (Å²) in [6, 6.07) is 15.6. The molecule has 0 saturated heterocycles. The van der Waals surface area contributed by atoms with Gasteiger partial charge in [-0.2, -0.15) is 0 Å². The average Bonchev–Trinajstić information content (AvgIpc) is 2.46.